The van der Waals surface area contributed by atoms with E-state index in [4.69, 9.17) is 15.6 Å². The van der Waals surface area contributed by atoms with E-state index in [1.807, 2.05) is 32.0 Å². The summed E-state index contributed by atoms with van der Waals surface area (Å²) in [6.45, 7) is 10.8. The maximum Gasteiger partial charge on any atom is 0.264 e. The minimum Gasteiger partial charge on any atom is -0.457 e. The number of nitrogens with zero attached hydrogens (tertiary/aromatic N) is 7. The Labute approximate surface area is 273 Å². The number of carbonyl (C=O) groups excluding carboxylic acids is 1. The first-order chi connectivity index (χ1) is 22.5. The molecule has 11 nitrogen and oxygen atoms in total. The predicted molar refractivity (Wildman–Crippen MR) is 178 cm³/mol. The molecule has 0 saturated carbocycles. The number of ether oxygens (including phenoxy) is 1. The van der Waals surface area contributed by atoms with Gasteiger partial charge in [-0.2, -0.15) is 10.4 Å². The number of nitrogens with one attached hydrogen (secondary N) is 1. The quantitative estimate of drug-likeness (QED) is 0.210. The molecule has 0 radical (unpaired) electrons. The van der Waals surface area contributed by atoms with Crippen molar-refractivity contribution in [1.29, 1.82) is 5.26 Å². The highest BCUT2D eigenvalue weighted by atomic mass is 19.1. The number of piperazine rings is 1. The zero-order valence-corrected chi connectivity index (χ0v) is 27.2. The summed E-state index contributed by atoms with van der Waals surface area (Å²) < 4.78 is 23.2. The van der Waals surface area contributed by atoms with Crippen molar-refractivity contribution in [3.8, 4) is 28.8 Å². The third-order valence-corrected chi connectivity index (χ3v) is 8.94. The van der Waals surface area contributed by atoms with Crippen LogP contribution in [0.4, 0.5) is 10.2 Å². The molecular formula is C35H40FN9O2. The number of anilines is 1. The third kappa shape index (κ3) is 6.68. The molecule has 2 aliphatic rings. The van der Waals surface area contributed by atoms with E-state index in [-0.39, 0.29) is 28.9 Å². The van der Waals surface area contributed by atoms with Gasteiger partial charge in [-0.15, -0.1) is 0 Å². The Bertz CT molecular complexity index is 1840. The second-order valence-corrected chi connectivity index (χ2v) is 13.1. The van der Waals surface area contributed by atoms with Gasteiger partial charge in [-0.3, -0.25) is 9.69 Å². The lowest BCUT2D eigenvalue weighted by Crippen LogP contribution is -2.59. The van der Waals surface area contributed by atoms with Gasteiger partial charge in [0, 0.05) is 55.4 Å². The largest absolute Gasteiger partial charge is 0.457 e. The van der Waals surface area contributed by atoms with Gasteiger partial charge in [0.05, 0.1) is 11.4 Å². The second-order valence-electron chi connectivity index (χ2n) is 13.1. The van der Waals surface area contributed by atoms with E-state index in [1.165, 1.54) is 12.4 Å². The normalized spacial score (nSPS) is 21.1. The van der Waals surface area contributed by atoms with Crippen LogP contribution in [-0.4, -0.2) is 79.3 Å². The van der Waals surface area contributed by atoms with E-state index in [0.717, 1.165) is 13.1 Å². The standard InChI is InChI=1S/C35H40FN9O2/c1-22-18-44(19-23(2)41-22)35(3,4)16-24(17-37)34(46)43-14-8-9-25(20-43)45-33-30(32(38)39-21-40-33)31(42-45)28-13-12-27(15-29(28)36)47-26-10-6-5-7-11-26/h5-7,10-13,15-16,21-23,25,41H,8-9,14,18-20H2,1-4H3,(H2,38,39,40)/b24-16+/t22-,23+,25-/m1/s1. The van der Waals surface area contributed by atoms with E-state index < -0.39 is 11.4 Å². The number of carbonyl (C=O) groups is 1. The number of para-hydroxylation sites is 1. The van der Waals surface area contributed by atoms with Gasteiger partial charge in [0.2, 0.25) is 0 Å². The van der Waals surface area contributed by atoms with Crippen LogP contribution in [0, 0.1) is 17.1 Å². The molecule has 2 saturated heterocycles. The summed E-state index contributed by atoms with van der Waals surface area (Å²) in [5.74, 6) is 0.268. The monoisotopic (exact) mass is 637 g/mol. The van der Waals surface area contributed by atoms with Crippen molar-refractivity contribution < 1.29 is 13.9 Å². The van der Waals surface area contributed by atoms with Gasteiger partial charge in [-0.05, 0) is 70.9 Å². The van der Waals surface area contributed by atoms with Crippen molar-refractivity contribution in [1.82, 2.24) is 34.9 Å². The van der Waals surface area contributed by atoms with Gasteiger partial charge in [-0.25, -0.2) is 19.0 Å². The van der Waals surface area contributed by atoms with E-state index in [1.54, 1.807) is 39.9 Å². The van der Waals surface area contributed by atoms with Crippen molar-refractivity contribution in [2.45, 2.75) is 64.2 Å². The molecule has 0 unspecified atom stereocenters. The first-order valence-corrected chi connectivity index (χ1v) is 16.0. The number of hydrogen-bond acceptors (Lipinski definition) is 9. The molecule has 0 aliphatic carbocycles. The van der Waals surface area contributed by atoms with Gasteiger partial charge in [0.25, 0.3) is 5.91 Å². The summed E-state index contributed by atoms with van der Waals surface area (Å²) in [5, 5.41) is 18.9. The molecule has 2 aliphatic heterocycles. The van der Waals surface area contributed by atoms with Crippen LogP contribution in [-0.2, 0) is 4.79 Å². The number of hydrogen-bond donors (Lipinski definition) is 2. The molecule has 4 heterocycles. The Hall–Kier alpha value is -4.86. The fourth-order valence-corrected chi connectivity index (χ4v) is 6.71. The molecule has 244 valence electrons. The van der Waals surface area contributed by atoms with E-state index in [2.05, 4.69) is 40.1 Å². The van der Waals surface area contributed by atoms with Crippen LogP contribution < -0.4 is 15.8 Å². The van der Waals surface area contributed by atoms with Gasteiger partial charge in [0.15, 0.2) is 5.65 Å². The van der Waals surface area contributed by atoms with Crippen LogP contribution >= 0.6 is 0 Å². The zero-order valence-electron chi connectivity index (χ0n) is 27.2. The van der Waals surface area contributed by atoms with Crippen molar-refractivity contribution in [3.05, 3.63) is 72.3 Å². The molecular weight excluding hydrogens is 597 g/mol. The minimum absolute atomic E-state index is 0.118. The third-order valence-electron chi connectivity index (χ3n) is 8.94. The molecule has 0 bridgehead atoms. The van der Waals surface area contributed by atoms with Gasteiger partial charge in [-0.1, -0.05) is 18.2 Å². The van der Waals surface area contributed by atoms with Crippen LogP contribution in [0.3, 0.4) is 0 Å². The van der Waals surface area contributed by atoms with E-state index >= 15 is 4.39 Å². The number of rotatable bonds is 7. The van der Waals surface area contributed by atoms with Crippen LogP contribution in [0.25, 0.3) is 22.3 Å². The highest BCUT2D eigenvalue weighted by Gasteiger charge is 2.34. The maximum absolute atomic E-state index is 15.7. The number of halogens is 1. The molecule has 0 spiro atoms. The predicted octanol–water partition coefficient (Wildman–Crippen LogP) is 5.08. The van der Waals surface area contributed by atoms with Crippen molar-refractivity contribution in [2.75, 3.05) is 31.9 Å². The molecule has 12 heteroatoms. The van der Waals surface area contributed by atoms with Crippen LogP contribution in [0.1, 0.15) is 46.6 Å². The molecule has 2 fully saturated rings. The summed E-state index contributed by atoms with van der Waals surface area (Å²) in [4.78, 5) is 26.5. The fourth-order valence-electron chi connectivity index (χ4n) is 6.71. The van der Waals surface area contributed by atoms with Crippen LogP contribution in [0.15, 0.2) is 66.5 Å². The Morgan fingerprint density at radius 2 is 1.85 bits per heavy atom. The molecule has 6 rings (SSSR count). The van der Waals surface area contributed by atoms with Gasteiger partial charge >= 0.3 is 0 Å². The van der Waals surface area contributed by atoms with Gasteiger partial charge in [0.1, 0.15) is 46.8 Å². The lowest BCUT2D eigenvalue weighted by atomic mass is 9.95. The number of nitrogen functional groups attached to an aromatic ring is 1. The molecule has 3 N–H and O–H groups in total. The highest BCUT2D eigenvalue weighted by Crippen LogP contribution is 2.36. The average molecular weight is 638 g/mol. The number of likely N-dealkylation sites (tertiary alicyclic amines) is 1. The summed E-state index contributed by atoms with van der Waals surface area (Å²) in [6, 6.07) is 16.2. The van der Waals surface area contributed by atoms with Gasteiger partial charge < -0.3 is 20.7 Å². The number of piperidine rings is 1. The molecule has 1 amide bonds. The zero-order chi connectivity index (χ0) is 33.3. The number of nitriles is 1. The topological polar surface area (TPSA) is 138 Å². The summed E-state index contributed by atoms with van der Waals surface area (Å²) in [7, 11) is 0. The highest BCUT2D eigenvalue weighted by molar-refractivity contribution is 5.99. The Kier molecular flexibility index (Phi) is 8.94. The Morgan fingerprint density at radius 3 is 2.55 bits per heavy atom. The number of aromatic nitrogens is 4. The molecule has 2 aromatic heterocycles. The molecule has 47 heavy (non-hydrogen) atoms. The van der Waals surface area contributed by atoms with Crippen molar-refractivity contribution in [3.63, 3.8) is 0 Å². The molecule has 3 atom stereocenters. The summed E-state index contributed by atoms with van der Waals surface area (Å²) in [6.07, 6.45) is 4.56. The summed E-state index contributed by atoms with van der Waals surface area (Å²) >= 11 is 0. The maximum atomic E-state index is 15.7. The number of nitrogens with two attached hydrogens (primary N) is 1. The number of fused-ring (bicyclic) bond motifs is 1. The SMILES string of the molecule is C[C@@H]1CN(C(C)(C)/C=C(\C#N)C(=O)N2CCC[C@@H](n3nc(-c4ccc(Oc5ccccc5)cc4F)c4c(N)ncnc43)C2)C[C@H](C)N1. The minimum atomic E-state index is -0.534. The van der Waals surface area contributed by atoms with Crippen molar-refractivity contribution >= 4 is 22.8 Å². The first-order valence-electron chi connectivity index (χ1n) is 16.0. The Morgan fingerprint density at radius 1 is 1.11 bits per heavy atom. The van der Waals surface area contributed by atoms with Crippen LogP contribution in [0.5, 0.6) is 11.5 Å². The average Bonchev–Trinajstić information content (AvgIpc) is 3.44. The lowest BCUT2D eigenvalue weighted by Gasteiger charge is -2.44. The number of amides is 1. The second kappa shape index (κ2) is 13.1. The first kappa shape index (κ1) is 32.1. The van der Waals surface area contributed by atoms with E-state index in [9.17, 15) is 10.1 Å². The fraction of sp³-hybridized carbons (Fsp3) is 0.400. The smallest absolute Gasteiger partial charge is 0.264 e. The lowest BCUT2D eigenvalue weighted by molar-refractivity contribution is -0.128. The molecule has 2 aromatic carbocycles. The number of benzene rings is 2. The Balaban J connectivity index is 1.27. The van der Waals surface area contributed by atoms with Crippen LogP contribution in [0.2, 0.25) is 0 Å². The summed E-state index contributed by atoms with van der Waals surface area (Å²) in [5.41, 5.74) is 6.94. The molecule has 4 aromatic rings. The van der Waals surface area contributed by atoms with E-state index in [0.29, 0.717) is 66.2 Å². The van der Waals surface area contributed by atoms with Crippen molar-refractivity contribution in [2.24, 2.45) is 0 Å².